The number of fused-ring (bicyclic) bond motifs is 1. The van der Waals surface area contributed by atoms with Gasteiger partial charge in [-0.1, -0.05) is 30.3 Å². The zero-order chi connectivity index (χ0) is 33.2. The number of morpholine rings is 1. The molecular weight excluding hydrogens is 606 g/mol. The van der Waals surface area contributed by atoms with Crippen molar-refractivity contribution in [2.24, 2.45) is 5.92 Å². The second-order valence-corrected chi connectivity index (χ2v) is 11.7. The number of carbonyl (C=O) groups excluding carboxylic acids is 1. The monoisotopic (exact) mass is 649 g/mol. The number of methoxy groups -OCH3 is 1. The molecular formula is C33H43N7O7. The molecule has 3 aromatic rings. The second-order valence-electron chi connectivity index (χ2n) is 11.7. The maximum Gasteiger partial charge on any atom is 0.262 e. The summed E-state index contributed by atoms with van der Waals surface area (Å²) in [6.45, 7) is 7.83. The van der Waals surface area contributed by atoms with Crippen molar-refractivity contribution in [2.45, 2.75) is 44.7 Å². The first-order valence-electron chi connectivity index (χ1n) is 15.8. The summed E-state index contributed by atoms with van der Waals surface area (Å²) >= 11 is 0. The molecule has 47 heavy (non-hydrogen) atoms. The van der Waals surface area contributed by atoms with Crippen LogP contribution in [-0.4, -0.2) is 120 Å². The van der Waals surface area contributed by atoms with Crippen LogP contribution in [0.5, 0.6) is 0 Å². The van der Waals surface area contributed by atoms with Gasteiger partial charge in [0.2, 0.25) is 0 Å². The second kappa shape index (κ2) is 16.8. The summed E-state index contributed by atoms with van der Waals surface area (Å²) in [7, 11) is 1.44. The molecule has 2 fully saturated rings. The number of hydrogen-bond acceptors (Lipinski definition) is 12. The lowest BCUT2D eigenvalue weighted by atomic mass is 9.90. The van der Waals surface area contributed by atoms with E-state index in [0.29, 0.717) is 5.69 Å². The van der Waals surface area contributed by atoms with Crippen molar-refractivity contribution in [3.05, 3.63) is 59.4 Å². The highest BCUT2D eigenvalue weighted by Gasteiger charge is 2.42. The predicted octanol–water partition coefficient (Wildman–Crippen LogP) is 1.14. The first-order chi connectivity index (χ1) is 22.8. The Kier molecular flexibility index (Phi) is 12.3. The third-order valence-electron chi connectivity index (χ3n) is 8.41. The van der Waals surface area contributed by atoms with Crippen molar-refractivity contribution in [1.29, 1.82) is 5.26 Å². The Morgan fingerprint density at radius 3 is 2.72 bits per heavy atom. The molecule has 1 aromatic heterocycles. The number of hydrogen-bond donors (Lipinski definition) is 4. The largest absolute Gasteiger partial charge is 0.390 e. The average molecular weight is 650 g/mol. The van der Waals surface area contributed by atoms with E-state index >= 15 is 0 Å². The fraction of sp³-hybridized carbons (Fsp3) is 0.515. The fourth-order valence-corrected chi connectivity index (χ4v) is 5.62. The highest BCUT2D eigenvalue weighted by molar-refractivity contribution is 6.02. The Labute approximate surface area is 273 Å². The number of anilines is 1. The summed E-state index contributed by atoms with van der Waals surface area (Å²) in [6, 6.07) is 14.0. The Morgan fingerprint density at radius 1 is 1.15 bits per heavy atom. The number of carbonyl (C=O) groups is 1. The van der Waals surface area contributed by atoms with Crippen molar-refractivity contribution >= 4 is 28.4 Å². The molecule has 0 radical (unpaired) electrons. The lowest BCUT2D eigenvalue weighted by Crippen LogP contribution is -2.54. The van der Waals surface area contributed by atoms with E-state index in [-0.39, 0.29) is 31.9 Å². The van der Waals surface area contributed by atoms with E-state index in [9.17, 15) is 20.3 Å². The van der Waals surface area contributed by atoms with E-state index in [1.165, 1.54) is 11.8 Å². The maximum absolute atomic E-state index is 12.7. The van der Waals surface area contributed by atoms with Crippen LogP contribution in [-0.2, 0) is 36.9 Å². The van der Waals surface area contributed by atoms with Gasteiger partial charge in [-0.2, -0.15) is 5.26 Å². The van der Waals surface area contributed by atoms with Gasteiger partial charge >= 0.3 is 0 Å². The molecule has 5 atom stereocenters. The number of nitrogens with zero attached hydrogens (tertiary/aromatic N) is 5. The van der Waals surface area contributed by atoms with Crippen LogP contribution < -0.4 is 10.6 Å². The van der Waals surface area contributed by atoms with Crippen LogP contribution in [0.15, 0.2) is 48.2 Å². The summed E-state index contributed by atoms with van der Waals surface area (Å²) in [6.07, 6.45) is -0.0485. The Bertz CT molecular complexity index is 1550. The number of amides is 1. The third kappa shape index (κ3) is 9.33. The summed E-state index contributed by atoms with van der Waals surface area (Å²) < 4.78 is 23.4. The number of rotatable bonds is 14. The number of aliphatic hydroxyl groups excluding tert-OH is 2. The highest BCUT2D eigenvalue weighted by atomic mass is 16.7. The van der Waals surface area contributed by atoms with Crippen molar-refractivity contribution in [3.8, 4) is 6.07 Å². The quantitative estimate of drug-likeness (QED) is 0.112. The van der Waals surface area contributed by atoms with Crippen LogP contribution in [0.2, 0.25) is 0 Å². The SMILES string of the molecule is CO[C@H]1O[C@H](Cn2cc(COCCNC(=O)/C(C#N)=C/c3ccc4cc(NCCN5CCOCC5)ccc4c3)nn2)[C@@H](O)[C@H](C)[C@H]1O. The van der Waals surface area contributed by atoms with Gasteiger partial charge in [-0.25, -0.2) is 4.68 Å². The number of benzene rings is 2. The van der Waals surface area contributed by atoms with Crippen LogP contribution in [0.4, 0.5) is 5.69 Å². The van der Waals surface area contributed by atoms with Gasteiger partial charge in [0.15, 0.2) is 6.29 Å². The number of nitriles is 1. The lowest BCUT2D eigenvalue weighted by Gasteiger charge is -2.40. The first kappa shape index (κ1) is 34.4. The molecule has 252 valence electrons. The van der Waals surface area contributed by atoms with Crippen LogP contribution >= 0.6 is 0 Å². The molecule has 5 rings (SSSR count). The van der Waals surface area contributed by atoms with Gasteiger partial charge in [0.1, 0.15) is 29.5 Å². The smallest absolute Gasteiger partial charge is 0.262 e. The number of nitrogens with one attached hydrogen (secondary N) is 2. The molecule has 2 aliphatic rings. The molecule has 14 nitrogen and oxygen atoms in total. The normalized spacial score (nSPS) is 23.8. The van der Waals surface area contributed by atoms with Crippen molar-refractivity contribution in [3.63, 3.8) is 0 Å². The van der Waals surface area contributed by atoms with Gasteiger partial charge in [0.25, 0.3) is 5.91 Å². The van der Waals surface area contributed by atoms with Gasteiger partial charge < -0.3 is 39.8 Å². The van der Waals surface area contributed by atoms with Crippen LogP contribution in [0.25, 0.3) is 16.8 Å². The highest BCUT2D eigenvalue weighted by Crippen LogP contribution is 2.27. The summed E-state index contributed by atoms with van der Waals surface area (Å²) in [5.74, 6) is -0.918. The molecule has 3 heterocycles. The molecule has 14 heteroatoms. The summed E-state index contributed by atoms with van der Waals surface area (Å²) in [4.78, 5) is 15.1. The van der Waals surface area contributed by atoms with Crippen molar-refractivity contribution in [1.82, 2.24) is 25.2 Å². The molecule has 4 N–H and O–H groups in total. The Morgan fingerprint density at radius 2 is 1.94 bits per heavy atom. The standard InChI is InChI=1S/C33H43N7O7/c1-22-30(41)29(47-33(44-2)31(22)42)20-40-19-28(37-38-40)21-46-12-8-36-32(43)26(18-34)16-23-3-4-25-17-27(6-5-24(25)15-23)35-7-9-39-10-13-45-14-11-39/h3-6,15-17,19,22,29-31,33,35,41-42H,7-14,20-21H2,1-2H3,(H,36,43)/b26-16+/t22-,29+,30-,31+,33-/m0/s1. The van der Waals surface area contributed by atoms with Gasteiger partial charge in [0.05, 0.1) is 45.3 Å². The molecule has 0 saturated carbocycles. The summed E-state index contributed by atoms with van der Waals surface area (Å²) in [5.41, 5.74) is 2.36. The predicted molar refractivity (Wildman–Crippen MR) is 173 cm³/mol. The van der Waals surface area contributed by atoms with E-state index < -0.39 is 36.4 Å². The van der Waals surface area contributed by atoms with E-state index in [4.69, 9.17) is 18.9 Å². The Balaban J connectivity index is 1.04. The fourth-order valence-electron chi connectivity index (χ4n) is 5.62. The van der Waals surface area contributed by atoms with Gasteiger partial charge in [-0.3, -0.25) is 9.69 Å². The molecule has 2 aliphatic heterocycles. The number of aliphatic hydroxyl groups is 2. The molecule has 1 amide bonds. The average Bonchev–Trinajstić information content (AvgIpc) is 3.54. The molecule has 0 aliphatic carbocycles. The van der Waals surface area contributed by atoms with Gasteiger partial charge in [0, 0.05) is 51.4 Å². The molecule has 0 unspecified atom stereocenters. The first-order valence-corrected chi connectivity index (χ1v) is 15.8. The van der Waals surface area contributed by atoms with E-state index in [0.717, 1.165) is 61.4 Å². The van der Waals surface area contributed by atoms with E-state index in [1.54, 1.807) is 19.2 Å². The van der Waals surface area contributed by atoms with Crippen LogP contribution in [0, 0.1) is 17.2 Å². The minimum atomic E-state index is -0.933. The third-order valence-corrected chi connectivity index (χ3v) is 8.41. The topological polar surface area (TPSA) is 176 Å². The minimum absolute atomic E-state index is 0.00152. The van der Waals surface area contributed by atoms with E-state index in [2.05, 4.69) is 31.9 Å². The minimum Gasteiger partial charge on any atom is -0.390 e. The van der Waals surface area contributed by atoms with Crippen LogP contribution in [0.3, 0.4) is 0 Å². The lowest BCUT2D eigenvalue weighted by molar-refractivity contribution is -0.277. The summed E-state index contributed by atoms with van der Waals surface area (Å²) in [5, 5.41) is 46.7. The van der Waals surface area contributed by atoms with Gasteiger partial charge in [-0.15, -0.1) is 5.10 Å². The number of ether oxygens (including phenoxy) is 4. The maximum atomic E-state index is 12.7. The van der Waals surface area contributed by atoms with Crippen molar-refractivity contribution < 1.29 is 34.0 Å². The van der Waals surface area contributed by atoms with Gasteiger partial charge in [-0.05, 0) is 40.6 Å². The molecule has 0 spiro atoms. The van der Waals surface area contributed by atoms with E-state index in [1.807, 2.05) is 36.4 Å². The van der Waals surface area contributed by atoms with Crippen LogP contribution in [0.1, 0.15) is 18.2 Å². The molecule has 2 saturated heterocycles. The molecule has 2 aromatic carbocycles. The zero-order valence-electron chi connectivity index (χ0n) is 26.7. The van der Waals surface area contributed by atoms with Crippen molar-refractivity contribution in [2.75, 3.05) is 65.0 Å². The Hall–Kier alpha value is -3.94. The molecule has 0 bridgehead atoms. The zero-order valence-corrected chi connectivity index (χ0v) is 26.7. The number of aromatic nitrogens is 3.